The molecule has 0 spiro atoms. The van der Waals surface area contributed by atoms with E-state index >= 15 is 0 Å². The Morgan fingerprint density at radius 2 is 1.84 bits per heavy atom. The van der Waals surface area contributed by atoms with Crippen molar-refractivity contribution in [3.05, 3.63) is 24.3 Å². The summed E-state index contributed by atoms with van der Waals surface area (Å²) in [5.41, 5.74) is 6.49. The monoisotopic (exact) mass is 284 g/mol. The Kier molecular flexibility index (Phi) is 6.31. The number of anilines is 1. The highest BCUT2D eigenvalue weighted by Crippen LogP contribution is 2.17. The van der Waals surface area contributed by atoms with Crippen LogP contribution in [0, 0.1) is 0 Å². The van der Waals surface area contributed by atoms with E-state index in [2.05, 4.69) is 12.2 Å². The van der Waals surface area contributed by atoms with E-state index in [9.17, 15) is 8.42 Å². The van der Waals surface area contributed by atoms with Crippen molar-refractivity contribution < 1.29 is 8.42 Å². The molecule has 0 saturated carbocycles. The van der Waals surface area contributed by atoms with E-state index in [1.54, 1.807) is 12.1 Å². The molecule has 1 rings (SSSR count). The highest BCUT2D eigenvalue weighted by molar-refractivity contribution is 7.91. The molecule has 0 bridgehead atoms. The van der Waals surface area contributed by atoms with Gasteiger partial charge in [0.05, 0.1) is 10.6 Å². The van der Waals surface area contributed by atoms with Crippen molar-refractivity contribution in [1.82, 2.24) is 0 Å². The lowest BCUT2D eigenvalue weighted by Gasteiger charge is -2.17. The minimum absolute atomic E-state index is 0.199. The van der Waals surface area contributed by atoms with Crippen LogP contribution in [0.3, 0.4) is 0 Å². The first-order valence-corrected chi connectivity index (χ1v) is 8.48. The van der Waals surface area contributed by atoms with Gasteiger partial charge in [-0.15, -0.1) is 0 Å². The molecule has 0 aliphatic rings. The number of nitrogens with one attached hydrogen (secondary N) is 1. The van der Waals surface area contributed by atoms with Crippen LogP contribution >= 0.6 is 0 Å². The lowest BCUT2D eigenvalue weighted by atomic mass is 10.1. The third-order valence-corrected chi connectivity index (χ3v) is 5.00. The fraction of sp³-hybridized carbons (Fsp3) is 0.571. The standard InChI is InChI=1S/C14H24N2O2S/c1-3-11-19(17,18)14-7-5-13(6-8-14)16-12(4-2)9-10-15/h5-8,12,16H,3-4,9-11,15H2,1-2H3. The third kappa shape index (κ3) is 4.84. The van der Waals surface area contributed by atoms with Crippen molar-refractivity contribution in [1.29, 1.82) is 0 Å². The van der Waals surface area contributed by atoms with Crippen LogP contribution in [0.15, 0.2) is 29.2 Å². The number of rotatable bonds is 8. The molecule has 0 aliphatic carbocycles. The topological polar surface area (TPSA) is 72.2 Å². The summed E-state index contributed by atoms with van der Waals surface area (Å²) >= 11 is 0. The second kappa shape index (κ2) is 7.50. The second-order valence-corrected chi connectivity index (χ2v) is 6.78. The molecule has 0 aliphatic heterocycles. The molecule has 1 atom stereocenters. The number of sulfone groups is 1. The quantitative estimate of drug-likeness (QED) is 0.769. The SMILES string of the molecule is CCCS(=O)(=O)c1ccc(NC(CC)CCN)cc1. The van der Waals surface area contributed by atoms with Gasteiger partial charge in [-0.25, -0.2) is 8.42 Å². The molecule has 1 unspecified atom stereocenters. The van der Waals surface area contributed by atoms with Crippen LogP contribution in [0.4, 0.5) is 5.69 Å². The zero-order valence-electron chi connectivity index (χ0n) is 11.7. The smallest absolute Gasteiger partial charge is 0.178 e. The van der Waals surface area contributed by atoms with Crippen molar-refractivity contribution in [2.75, 3.05) is 17.6 Å². The molecule has 0 saturated heterocycles. The highest BCUT2D eigenvalue weighted by atomic mass is 32.2. The van der Waals surface area contributed by atoms with Crippen LogP contribution in [-0.2, 0) is 9.84 Å². The van der Waals surface area contributed by atoms with E-state index in [0.717, 1.165) is 18.5 Å². The lowest BCUT2D eigenvalue weighted by Crippen LogP contribution is -2.22. The number of benzene rings is 1. The minimum Gasteiger partial charge on any atom is -0.382 e. The maximum Gasteiger partial charge on any atom is 0.178 e. The van der Waals surface area contributed by atoms with Gasteiger partial charge in [0.1, 0.15) is 0 Å². The highest BCUT2D eigenvalue weighted by Gasteiger charge is 2.13. The van der Waals surface area contributed by atoms with E-state index in [1.807, 2.05) is 19.1 Å². The largest absolute Gasteiger partial charge is 0.382 e. The van der Waals surface area contributed by atoms with Crippen LogP contribution in [0.5, 0.6) is 0 Å². The molecule has 0 heterocycles. The first-order chi connectivity index (χ1) is 9.03. The van der Waals surface area contributed by atoms with Gasteiger partial charge in [-0.1, -0.05) is 13.8 Å². The van der Waals surface area contributed by atoms with Gasteiger partial charge in [0.25, 0.3) is 0 Å². The Morgan fingerprint density at radius 1 is 1.21 bits per heavy atom. The van der Waals surface area contributed by atoms with Gasteiger partial charge >= 0.3 is 0 Å². The fourth-order valence-corrected chi connectivity index (χ4v) is 3.28. The summed E-state index contributed by atoms with van der Waals surface area (Å²) in [6.45, 7) is 4.62. The van der Waals surface area contributed by atoms with Crippen molar-refractivity contribution in [3.8, 4) is 0 Å². The van der Waals surface area contributed by atoms with E-state index < -0.39 is 9.84 Å². The normalized spacial score (nSPS) is 13.2. The molecule has 19 heavy (non-hydrogen) atoms. The summed E-state index contributed by atoms with van der Waals surface area (Å²) < 4.78 is 23.8. The molecule has 0 radical (unpaired) electrons. The van der Waals surface area contributed by atoms with Gasteiger partial charge in [-0.2, -0.15) is 0 Å². The van der Waals surface area contributed by atoms with Crippen molar-refractivity contribution in [2.24, 2.45) is 5.73 Å². The predicted octanol–water partition coefficient (Wildman–Crippen LogP) is 2.41. The van der Waals surface area contributed by atoms with Crippen molar-refractivity contribution >= 4 is 15.5 Å². The predicted molar refractivity (Wildman–Crippen MR) is 80.2 cm³/mol. The molecule has 1 aromatic carbocycles. The van der Waals surface area contributed by atoms with Crippen LogP contribution < -0.4 is 11.1 Å². The van der Waals surface area contributed by atoms with Gasteiger partial charge in [-0.05, 0) is 50.1 Å². The van der Waals surface area contributed by atoms with Gasteiger partial charge in [0, 0.05) is 11.7 Å². The molecule has 108 valence electrons. The first-order valence-electron chi connectivity index (χ1n) is 6.83. The number of nitrogens with two attached hydrogens (primary N) is 1. The Balaban J connectivity index is 2.76. The van der Waals surface area contributed by atoms with Crippen molar-refractivity contribution in [3.63, 3.8) is 0 Å². The molecule has 4 nitrogen and oxygen atoms in total. The van der Waals surface area contributed by atoms with Crippen LogP contribution in [0.25, 0.3) is 0 Å². The summed E-state index contributed by atoms with van der Waals surface area (Å²) in [5.74, 6) is 0.199. The second-order valence-electron chi connectivity index (χ2n) is 4.67. The Bertz CT molecular complexity index is 469. The molecular weight excluding hydrogens is 260 g/mol. The van der Waals surface area contributed by atoms with E-state index in [1.165, 1.54) is 0 Å². The molecule has 1 aromatic rings. The van der Waals surface area contributed by atoms with Gasteiger partial charge < -0.3 is 11.1 Å². The average Bonchev–Trinajstić information content (AvgIpc) is 2.39. The maximum atomic E-state index is 11.9. The van der Waals surface area contributed by atoms with Gasteiger partial charge in [-0.3, -0.25) is 0 Å². The number of hydrogen-bond donors (Lipinski definition) is 2. The van der Waals surface area contributed by atoms with Gasteiger partial charge in [0.2, 0.25) is 0 Å². The van der Waals surface area contributed by atoms with E-state index in [4.69, 9.17) is 5.73 Å². The van der Waals surface area contributed by atoms with Crippen LogP contribution in [0.2, 0.25) is 0 Å². The molecule has 5 heteroatoms. The summed E-state index contributed by atoms with van der Waals surface area (Å²) in [4.78, 5) is 0.395. The molecular formula is C14H24N2O2S. The molecule has 0 aromatic heterocycles. The Labute approximate surface area is 116 Å². The summed E-state index contributed by atoms with van der Waals surface area (Å²) in [5, 5.41) is 3.37. The zero-order valence-corrected chi connectivity index (χ0v) is 12.5. The summed E-state index contributed by atoms with van der Waals surface area (Å²) in [6, 6.07) is 7.32. The molecule has 3 N–H and O–H groups in total. The van der Waals surface area contributed by atoms with Crippen molar-refractivity contribution in [2.45, 2.75) is 44.0 Å². The first kappa shape index (κ1) is 16.0. The van der Waals surface area contributed by atoms with Gasteiger partial charge in [0.15, 0.2) is 9.84 Å². The van der Waals surface area contributed by atoms with E-state index in [0.29, 0.717) is 23.9 Å². The zero-order chi connectivity index (χ0) is 14.3. The Hall–Kier alpha value is -1.07. The molecule has 0 fully saturated rings. The van der Waals surface area contributed by atoms with E-state index in [-0.39, 0.29) is 5.75 Å². The maximum absolute atomic E-state index is 11.9. The summed E-state index contributed by atoms with van der Waals surface area (Å²) in [6.07, 6.45) is 2.54. The van der Waals surface area contributed by atoms with Crippen LogP contribution in [0.1, 0.15) is 33.1 Å². The van der Waals surface area contributed by atoms with Crippen LogP contribution in [-0.4, -0.2) is 26.8 Å². The number of hydrogen-bond acceptors (Lipinski definition) is 4. The molecule has 0 amide bonds. The minimum atomic E-state index is -3.12. The summed E-state index contributed by atoms with van der Waals surface area (Å²) in [7, 11) is -3.12. The average molecular weight is 284 g/mol. The third-order valence-electron chi connectivity index (χ3n) is 3.07. The Morgan fingerprint density at radius 3 is 2.32 bits per heavy atom. The fourth-order valence-electron chi connectivity index (χ4n) is 1.96. The lowest BCUT2D eigenvalue weighted by molar-refractivity contribution is 0.594.